The molecule has 1 heterocycles. The summed E-state index contributed by atoms with van der Waals surface area (Å²) >= 11 is 0. The van der Waals surface area contributed by atoms with Crippen LogP contribution in [0.15, 0.2) is 30.5 Å². The van der Waals surface area contributed by atoms with Crippen LogP contribution in [0.25, 0.3) is 10.9 Å². The molecule has 0 saturated heterocycles. The highest BCUT2D eigenvalue weighted by Gasteiger charge is 2.08. The Balaban J connectivity index is 1.97. The molecule has 0 aliphatic rings. The number of aromatic nitrogens is 1. The number of carbonyl (C=O) groups is 1. The predicted octanol–water partition coefficient (Wildman–Crippen LogP) is 2.62. The summed E-state index contributed by atoms with van der Waals surface area (Å²) in [6.07, 6.45) is 1.88. The summed E-state index contributed by atoms with van der Waals surface area (Å²) in [6.45, 7) is 6.05. The number of fused-ring (bicyclic) bond motifs is 1. The molecule has 0 radical (unpaired) electrons. The molecular weight excluding hydrogens is 270 g/mol. The number of carbonyl (C=O) groups excluding carboxylic acids is 1. The maximum absolute atomic E-state index is 11.8. The molecule has 2 aromatic rings. The van der Waals surface area contributed by atoms with Gasteiger partial charge in [0.2, 0.25) is 0 Å². The van der Waals surface area contributed by atoms with E-state index in [0.29, 0.717) is 26.4 Å². The Labute approximate surface area is 124 Å². The molecule has 0 fully saturated rings. The summed E-state index contributed by atoms with van der Waals surface area (Å²) in [4.78, 5) is 11.8. The first-order valence-electron chi connectivity index (χ1n) is 7.19. The van der Waals surface area contributed by atoms with Crippen molar-refractivity contribution in [2.45, 2.75) is 20.4 Å². The highest BCUT2D eigenvalue weighted by atomic mass is 16.6. The summed E-state index contributed by atoms with van der Waals surface area (Å²) in [7, 11) is 0. The van der Waals surface area contributed by atoms with Crippen LogP contribution in [-0.2, 0) is 20.8 Å². The standard InChI is InChI=1S/C16H21NO4/c1-3-19-9-10-21-16(18)12-17-8-7-13-11-14(20-4-2)5-6-15(13)17/h5-8,11H,3-4,9-10,12H2,1-2H3. The predicted molar refractivity (Wildman–Crippen MR) is 80.6 cm³/mol. The third-order valence-electron chi connectivity index (χ3n) is 3.05. The maximum atomic E-state index is 11.8. The minimum absolute atomic E-state index is 0.198. The van der Waals surface area contributed by atoms with Gasteiger partial charge < -0.3 is 18.8 Å². The van der Waals surface area contributed by atoms with E-state index in [1.54, 1.807) is 0 Å². The largest absolute Gasteiger partial charge is 0.494 e. The van der Waals surface area contributed by atoms with E-state index in [4.69, 9.17) is 14.2 Å². The minimum atomic E-state index is -0.263. The van der Waals surface area contributed by atoms with Crippen molar-refractivity contribution in [2.75, 3.05) is 26.4 Å². The van der Waals surface area contributed by atoms with Gasteiger partial charge in [0, 0.05) is 23.7 Å². The molecule has 0 aliphatic heterocycles. The van der Waals surface area contributed by atoms with Crippen LogP contribution in [0, 0.1) is 0 Å². The van der Waals surface area contributed by atoms with E-state index in [9.17, 15) is 4.79 Å². The Bertz CT molecular complexity index is 591. The van der Waals surface area contributed by atoms with Crippen LogP contribution in [0.4, 0.5) is 0 Å². The third-order valence-corrected chi connectivity index (χ3v) is 3.05. The van der Waals surface area contributed by atoms with Crippen molar-refractivity contribution < 1.29 is 19.0 Å². The molecule has 0 saturated carbocycles. The number of nitrogens with zero attached hydrogens (tertiary/aromatic N) is 1. The van der Waals surface area contributed by atoms with Crippen LogP contribution < -0.4 is 4.74 Å². The second kappa shape index (κ2) is 7.69. The van der Waals surface area contributed by atoms with Gasteiger partial charge in [-0.3, -0.25) is 4.79 Å². The average molecular weight is 291 g/mol. The SMILES string of the molecule is CCOCCOC(=O)Cn1ccc2cc(OCC)ccc21. The number of ether oxygens (including phenoxy) is 3. The second-order valence-electron chi connectivity index (χ2n) is 4.51. The van der Waals surface area contributed by atoms with Crippen LogP contribution in [0.3, 0.4) is 0 Å². The van der Waals surface area contributed by atoms with Crippen LogP contribution >= 0.6 is 0 Å². The summed E-state index contributed by atoms with van der Waals surface area (Å²) in [6, 6.07) is 7.79. The summed E-state index contributed by atoms with van der Waals surface area (Å²) in [5, 5.41) is 1.04. The summed E-state index contributed by atoms with van der Waals surface area (Å²) in [5.74, 6) is 0.572. The van der Waals surface area contributed by atoms with Gasteiger partial charge in [-0.2, -0.15) is 0 Å². The van der Waals surface area contributed by atoms with Crippen LogP contribution in [0.5, 0.6) is 5.75 Å². The molecule has 0 atom stereocenters. The van der Waals surface area contributed by atoms with Crippen molar-refractivity contribution in [1.82, 2.24) is 4.57 Å². The number of esters is 1. The van der Waals surface area contributed by atoms with Gasteiger partial charge in [-0.05, 0) is 38.1 Å². The van der Waals surface area contributed by atoms with E-state index in [1.165, 1.54) is 0 Å². The lowest BCUT2D eigenvalue weighted by atomic mass is 10.2. The van der Waals surface area contributed by atoms with Gasteiger partial charge in [0.15, 0.2) is 0 Å². The Morgan fingerprint density at radius 2 is 2.00 bits per heavy atom. The van der Waals surface area contributed by atoms with Crippen molar-refractivity contribution in [3.05, 3.63) is 30.5 Å². The molecule has 0 bridgehead atoms. The molecule has 0 amide bonds. The first-order chi connectivity index (χ1) is 10.2. The molecular formula is C16H21NO4. The molecule has 21 heavy (non-hydrogen) atoms. The topological polar surface area (TPSA) is 49.7 Å². The van der Waals surface area contributed by atoms with E-state index in [0.717, 1.165) is 16.7 Å². The van der Waals surface area contributed by atoms with Crippen molar-refractivity contribution in [3.63, 3.8) is 0 Å². The molecule has 0 unspecified atom stereocenters. The molecule has 0 spiro atoms. The van der Waals surface area contributed by atoms with Crippen LogP contribution in [0.2, 0.25) is 0 Å². The molecule has 0 aliphatic carbocycles. The van der Waals surface area contributed by atoms with Gasteiger partial charge in [-0.15, -0.1) is 0 Å². The smallest absolute Gasteiger partial charge is 0.326 e. The van der Waals surface area contributed by atoms with E-state index in [1.807, 2.05) is 48.9 Å². The van der Waals surface area contributed by atoms with Gasteiger partial charge >= 0.3 is 5.97 Å². The molecule has 114 valence electrons. The third kappa shape index (κ3) is 4.23. The number of hydrogen-bond acceptors (Lipinski definition) is 4. The van der Waals surface area contributed by atoms with Crippen LogP contribution in [0.1, 0.15) is 13.8 Å². The zero-order chi connectivity index (χ0) is 15.1. The summed E-state index contributed by atoms with van der Waals surface area (Å²) in [5.41, 5.74) is 0.986. The van der Waals surface area contributed by atoms with Crippen molar-refractivity contribution in [3.8, 4) is 5.75 Å². The van der Waals surface area contributed by atoms with Gasteiger partial charge in [0.25, 0.3) is 0 Å². The van der Waals surface area contributed by atoms with Crippen LogP contribution in [-0.4, -0.2) is 37.0 Å². The zero-order valence-electron chi connectivity index (χ0n) is 12.5. The quantitative estimate of drug-likeness (QED) is 0.554. The lowest BCUT2D eigenvalue weighted by molar-refractivity contribution is -0.145. The fourth-order valence-electron chi connectivity index (χ4n) is 2.12. The zero-order valence-corrected chi connectivity index (χ0v) is 12.5. The first kappa shape index (κ1) is 15.4. The van der Waals surface area contributed by atoms with Gasteiger partial charge in [0.05, 0.1) is 13.2 Å². The van der Waals surface area contributed by atoms with E-state index in [2.05, 4.69) is 0 Å². The number of hydrogen-bond donors (Lipinski definition) is 0. The second-order valence-corrected chi connectivity index (χ2v) is 4.51. The normalized spacial score (nSPS) is 10.8. The van der Waals surface area contributed by atoms with E-state index < -0.39 is 0 Å². The molecule has 5 nitrogen and oxygen atoms in total. The lowest BCUT2D eigenvalue weighted by Gasteiger charge is -2.08. The van der Waals surface area contributed by atoms with E-state index >= 15 is 0 Å². The molecule has 5 heteroatoms. The van der Waals surface area contributed by atoms with Crippen molar-refractivity contribution >= 4 is 16.9 Å². The Kier molecular flexibility index (Phi) is 5.63. The van der Waals surface area contributed by atoms with Gasteiger partial charge in [-0.25, -0.2) is 0 Å². The molecule has 1 aromatic carbocycles. The minimum Gasteiger partial charge on any atom is -0.494 e. The highest BCUT2D eigenvalue weighted by Crippen LogP contribution is 2.22. The van der Waals surface area contributed by atoms with E-state index in [-0.39, 0.29) is 12.5 Å². The maximum Gasteiger partial charge on any atom is 0.326 e. The van der Waals surface area contributed by atoms with Crippen molar-refractivity contribution in [1.29, 1.82) is 0 Å². The lowest BCUT2D eigenvalue weighted by Crippen LogP contribution is -2.15. The Morgan fingerprint density at radius 3 is 2.76 bits per heavy atom. The highest BCUT2D eigenvalue weighted by molar-refractivity contribution is 5.83. The van der Waals surface area contributed by atoms with Gasteiger partial charge in [0.1, 0.15) is 18.9 Å². The Hall–Kier alpha value is -2.01. The monoisotopic (exact) mass is 291 g/mol. The fraction of sp³-hybridized carbons (Fsp3) is 0.438. The summed E-state index contributed by atoms with van der Waals surface area (Å²) < 4.78 is 17.6. The molecule has 1 aromatic heterocycles. The first-order valence-corrected chi connectivity index (χ1v) is 7.19. The number of benzene rings is 1. The molecule has 2 rings (SSSR count). The number of rotatable bonds is 8. The van der Waals surface area contributed by atoms with Gasteiger partial charge in [-0.1, -0.05) is 0 Å². The average Bonchev–Trinajstić information content (AvgIpc) is 2.86. The Morgan fingerprint density at radius 1 is 1.14 bits per heavy atom. The fourth-order valence-corrected chi connectivity index (χ4v) is 2.12. The molecule has 0 N–H and O–H groups in total. The van der Waals surface area contributed by atoms with Crippen molar-refractivity contribution in [2.24, 2.45) is 0 Å².